The number of halogens is 2. The summed E-state index contributed by atoms with van der Waals surface area (Å²) in [6, 6.07) is 7.21. The van der Waals surface area contributed by atoms with Gasteiger partial charge in [-0.3, -0.25) is 29.3 Å². The van der Waals surface area contributed by atoms with E-state index in [1.165, 1.54) is 12.3 Å². The first-order valence-corrected chi connectivity index (χ1v) is 12.1. The minimum Gasteiger partial charge on any atom is -0.318 e. The third kappa shape index (κ3) is 5.30. The van der Waals surface area contributed by atoms with Crippen LogP contribution in [0.25, 0.3) is 11.4 Å². The van der Waals surface area contributed by atoms with E-state index < -0.39 is 18.0 Å². The normalized spacial score (nSPS) is 18.2. The van der Waals surface area contributed by atoms with Gasteiger partial charge in [-0.2, -0.15) is 10.2 Å². The maximum absolute atomic E-state index is 13.8. The highest BCUT2D eigenvalue weighted by atomic mass is 19.3. The summed E-state index contributed by atoms with van der Waals surface area (Å²) in [5.74, 6) is -0.572. The lowest BCUT2D eigenvalue weighted by atomic mass is 9.97. The van der Waals surface area contributed by atoms with Crippen LogP contribution in [0.15, 0.2) is 36.7 Å². The Labute approximate surface area is 208 Å². The zero-order valence-electron chi connectivity index (χ0n) is 20.4. The lowest BCUT2D eigenvalue weighted by molar-refractivity contribution is 0.0128. The molecule has 0 aliphatic carbocycles. The number of aromatic amines is 1. The van der Waals surface area contributed by atoms with Crippen LogP contribution in [-0.4, -0.2) is 98.6 Å². The second-order valence-corrected chi connectivity index (χ2v) is 9.72. The van der Waals surface area contributed by atoms with Gasteiger partial charge < -0.3 is 5.32 Å². The fourth-order valence-electron chi connectivity index (χ4n) is 4.93. The quantitative estimate of drug-likeness (QED) is 0.492. The zero-order valence-corrected chi connectivity index (χ0v) is 20.4. The molecule has 2 saturated heterocycles. The summed E-state index contributed by atoms with van der Waals surface area (Å²) in [5.41, 5.74) is 0.892. The number of aromatic nitrogens is 5. The molecule has 0 atom stereocenters. The summed E-state index contributed by atoms with van der Waals surface area (Å²) in [7, 11) is 4.16. The summed E-state index contributed by atoms with van der Waals surface area (Å²) in [4.78, 5) is 24.2. The molecule has 12 heteroatoms. The Morgan fingerprint density at radius 2 is 1.97 bits per heavy atom. The summed E-state index contributed by atoms with van der Waals surface area (Å²) in [5, 5.41) is 13.4. The van der Waals surface area contributed by atoms with E-state index in [2.05, 4.69) is 54.4 Å². The first kappa shape index (κ1) is 24.5. The van der Waals surface area contributed by atoms with Crippen LogP contribution in [0.5, 0.6) is 0 Å². The molecule has 0 unspecified atom stereocenters. The van der Waals surface area contributed by atoms with E-state index in [9.17, 15) is 13.6 Å². The van der Waals surface area contributed by atoms with Crippen molar-refractivity contribution in [2.45, 2.75) is 31.4 Å². The fourth-order valence-corrected chi connectivity index (χ4v) is 4.93. The number of likely N-dealkylation sites (tertiary alicyclic amines) is 2. The molecule has 36 heavy (non-hydrogen) atoms. The molecule has 10 nitrogen and oxygen atoms in total. The average Bonchev–Trinajstić information content (AvgIpc) is 3.50. The molecule has 3 aromatic rings. The number of piperidine rings is 1. The summed E-state index contributed by atoms with van der Waals surface area (Å²) < 4.78 is 29.1. The van der Waals surface area contributed by atoms with Crippen molar-refractivity contribution in [3.63, 3.8) is 0 Å². The number of hydrogen-bond donors (Lipinski definition) is 2. The number of nitrogens with zero attached hydrogens (tertiary/aromatic N) is 7. The van der Waals surface area contributed by atoms with Crippen molar-refractivity contribution in [3.05, 3.63) is 48.0 Å². The summed E-state index contributed by atoms with van der Waals surface area (Å²) in [6.45, 7) is 4.63. The maximum atomic E-state index is 13.8. The minimum atomic E-state index is -2.80. The predicted molar refractivity (Wildman–Crippen MR) is 131 cm³/mol. The van der Waals surface area contributed by atoms with Gasteiger partial charge in [0.25, 0.3) is 12.3 Å². The van der Waals surface area contributed by atoms with Crippen LogP contribution in [0.2, 0.25) is 0 Å². The molecule has 2 aliphatic rings. The smallest absolute Gasteiger partial charge is 0.284 e. The lowest BCUT2D eigenvalue weighted by Crippen LogP contribution is -2.56. The van der Waals surface area contributed by atoms with Crippen molar-refractivity contribution >= 4 is 11.6 Å². The highest BCUT2D eigenvalue weighted by Gasteiger charge is 2.36. The van der Waals surface area contributed by atoms with Gasteiger partial charge in [-0.25, -0.2) is 13.8 Å². The second kappa shape index (κ2) is 10.4. The van der Waals surface area contributed by atoms with Gasteiger partial charge in [0.05, 0.1) is 29.8 Å². The predicted octanol–water partition coefficient (Wildman–Crippen LogP) is 2.70. The number of nitrogens with one attached hydrogen (secondary N) is 2. The Kier molecular flexibility index (Phi) is 7.08. The monoisotopic (exact) mass is 499 g/mol. The van der Waals surface area contributed by atoms with Crippen LogP contribution in [0, 0.1) is 0 Å². The molecule has 2 N–H and O–H groups in total. The van der Waals surface area contributed by atoms with E-state index in [4.69, 9.17) is 0 Å². The SMILES string of the molecule is CN(C)CN1CCC(N2CC(n3cc(NC(=O)c4cccc(-c5ccn[nH]5)n4)c(C(F)F)n3)C2)CC1. The van der Waals surface area contributed by atoms with E-state index in [0.717, 1.165) is 45.7 Å². The molecule has 0 bridgehead atoms. The van der Waals surface area contributed by atoms with Crippen LogP contribution >= 0.6 is 0 Å². The van der Waals surface area contributed by atoms with Crippen molar-refractivity contribution < 1.29 is 13.6 Å². The molecular weight excluding hydrogens is 468 g/mol. The van der Waals surface area contributed by atoms with Crippen molar-refractivity contribution in [1.29, 1.82) is 0 Å². The first-order valence-electron chi connectivity index (χ1n) is 12.1. The van der Waals surface area contributed by atoms with Gasteiger partial charge in [-0.15, -0.1) is 0 Å². The second-order valence-electron chi connectivity index (χ2n) is 9.72. The standard InChI is InChI=1S/C24H31F2N9O/c1-32(2)15-33-10-7-16(8-11-33)34-12-17(13-34)35-14-21(22(31-35)23(25)26)29-24(36)20-5-3-4-18(28-20)19-6-9-27-30-19/h3-6,9,14,16-17,23H,7-8,10-13,15H2,1-2H3,(H,27,30)(H,29,36). The third-order valence-corrected chi connectivity index (χ3v) is 6.79. The Hall–Kier alpha value is -3.22. The Morgan fingerprint density at radius 3 is 2.64 bits per heavy atom. The molecule has 0 saturated carbocycles. The number of alkyl halides is 2. The van der Waals surface area contributed by atoms with E-state index in [-0.39, 0.29) is 17.4 Å². The first-order chi connectivity index (χ1) is 17.4. The number of carbonyl (C=O) groups excluding carboxylic acids is 1. The fraction of sp³-hybridized carbons (Fsp3) is 0.500. The van der Waals surface area contributed by atoms with E-state index in [0.29, 0.717) is 17.4 Å². The largest absolute Gasteiger partial charge is 0.318 e. The van der Waals surface area contributed by atoms with Crippen molar-refractivity contribution in [1.82, 2.24) is 39.7 Å². The van der Waals surface area contributed by atoms with Crippen molar-refractivity contribution in [2.75, 3.05) is 52.3 Å². The lowest BCUT2D eigenvalue weighted by Gasteiger charge is -2.47. The maximum Gasteiger partial charge on any atom is 0.284 e. The van der Waals surface area contributed by atoms with Gasteiger partial charge in [-0.1, -0.05) is 6.07 Å². The summed E-state index contributed by atoms with van der Waals surface area (Å²) >= 11 is 0. The van der Waals surface area contributed by atoms with Crippen LogP contribution in [0.4, 0.5) is 14.5 Å². The van der Waals surface area contributed by atoms with Gasteiger partial charge in [-0.05, 0) is 45.1 Å². The molecule has 192 valence electrons. The van der Waals surface area contributed by atoms with Gasteiger partial charge >= 0.3 is 0 Å². The third-order valence-electron chi connectivity index (χ3n) is 6.79. The van der Waals surface area contributed by atoms with Crippen LogP contribution in [0.3, 0.4) is 0 Å². The van der Waals surface area contributed by atoms with Gasteiger partial charge in [0, 0.05) is 44.6 Å². The van der Waals surface area contributed by atoms with Crippen LogP contribution in [-0.2, 0) is 0 Å². The molecule has 3 aromatic heterocycles. The molecule has 5 rings (SSSR count). The number of anilines is 1. The molecular formula is C24H31F2N9O. The Morgan fingerprint density at radius 1 is 1.19 bits per heavy atom. The molecule has 0 radical (unpaired) electrons. The molecule has 5 heterocycles. The molecule has 2 aliphatic heterocycles. The number of pyridine rings is 1. The highest BCUT2D eigenvalue weighted by molar-refractivity contribution is 6.03. The van der Waals surface area contributed by atoms with Gasteiger partial charge in [0.1, 0.15) is 5.69 Å². The number of carbonyl (C=O) groups is 1. The highest BCUT2D eigenvalue weighted by Crippen LogP contribution is 2.32. The Bertz CT molecular complexity index is 1170. The van der Waals surface area contributed by atoms with E-state index in [1.807, 2.05) is 0 Å². The number of hydrogen-bond acceptors (Lipinski definition) is 7. The Balaban J connectivity index is 1.21. The molecule has 0 spiro atoms. The van der Waals surface area contributed by atoms with Gasteiger partial charge in [0.15, 0.2) is 5.69 Å². The topological polar surface area (TPSA) is 98.2 Å². The van der Waals surface area contributed by atoms with E-state index in [1.54, 1.807) is 29.1 Å². The van der Waals surface area contributed by atoms with Crippen molar-refractivity contribution in [3.8, 4) is 11.4 Å². The zero-order chi connectivity index (χ0) is 25.2. The van der Waals surface area contributed by atoms with E-state index >= 15 is 0 Å². The van der Waals surface area contributed by atoms with Gasteiger partial charge in [0.2, 0.25) is 0 Å². The molecule has 2 fully saturated rings. The number of H-pyrrole nitrogens is 1. The average molecular weight is 500 g/mol. The summed E-state index contributed by atoms with van der Waals surface area (Å²) in [6.07, 6.45) is 2.51. The van der Waals surface area contributed by atoms with Crippen LogP contribution in [0.1, 0.15) is 41.5 Å². The molecule has 0 aromatic carbocycles. The number of amides is 1. The molecule has 1 amide bonds. The van der Waals surface area contributed by atoms with Crippen LogP contribution < -0.4 is 5.32 Å². The number of rotatable bonds is 8. The minimum absolute atomic E-state index is 0.00906. The van der Waals surface area contributed by atoms with Crippen molar-refractivity contribution in [2.24, 2.45) is 0 Å².